The average molecular weight is 264 g/mol. The number of rotatable bonds is 10. The Balaban J connectivity index is 2.28. The second kappa shape index (κ2) is 9.82. The molecule has 0 unspecified atom stereocenters. The van der Waals surface area contributed by atoms with Crippen LogP contribution >= 0.6 is 0 Å². The normalized spacial score (nSPS) is 10.7. The lowest BCUT2D eigenvalue weighted by molar-refractivity contribution is 0.192. The number of hydrogen-bond acceptors (Lipinski definition) is 3. The zero-order chi connectivity index (χ0) is 13.9. The molecule has 0 saturated carbocycles. The summed E-state index contributed by atoms with van der Waals surface area (Å²) in [6.07, 6.45) is 2.30. The Morgan fingerprint density at radius 1 is 1.05 bits per heavy atom. The van der Waals surface area contributed by atoms with Gasteiger partial charge in [-0.2, -0.15) is 0 Å². The molecule has 0 fully saturated rings. The van der Waals surface area contributed by atoms with Gasteiger partial charge in [-0.1, -0.05) is 12.1 Å². The molecule has 0 aliphatic carbocycles. The largest absolute Gasteiger partial charge is 0.385 e. The van der Waals surface area contributed by atoms with Crippen molar-refractivity contribution in [2.24, 2.45) is 0 Å². The van der Waals surface area contributed by atoms with Gasteiger partial charge in [0, 0.05) is 39.0 Å². The second-order valence-corrected chi connectivity index (χ2v) is 4.72. The molecule has 0 radical (unpaired) electrons. The standard InChI is InChI=1S/C16H28N2O/c1-4-18(5-2)16-10-8-15(9-11-16)14-17-12-6-7-13-19-3/h8-11,17H,4-7,12-14H2,1-3H3. The zero-order valence-electron chi connectivity index (χ0n) is 12.6. The average Bonchev–Trinajstić information content (AvgIpc) is 2.45. The number of ether oxygens (including phenoxy) is 1. The number of nitrogens with zero attached hydrogens (tertiary/aromatic N) is 1. The third kappa shape index (κ3) is 6.08. The summed E-state index contributed by atoms with van der Waals surface area (Å²) in [5.74, 6) is 0. The number of nitrogens with one attached hydrogen (secondary N) is 1. The van der Waals surface area contributed by atoms with Gasteiger partial charge in [-0.05, 0) is 50.9 Å². The summed E-state index contributed by atoms with van der Waals surface area (Å²) >= 11 is 0. The van der Waals surface area contributed by atoms with Gasteiger partial charge >= 0.3 is 0 Å². The maximum absolute atomic E-state index is 5.03. The molecule has 3 heteroatoms. The van der Waals surface area contributed by atoms with Gasteiger partial charge in [-0.25, -0.2) is 0 Å². The van der Waals surface area contributed by atoms with Crippen molar-refractivity contribution in [3.05, 3.63) is 29.8 Å². The monoisotopic (exact) mass is 264 g/mol. The van der Waals surface area contributed by atoms with E-state index >= 15 is 0 Å². The van der Waals surface area contributed by atoms with E-state index in [1.54, 1.807) is 7.11 Å². The molecule has 0 aromatic heterocycles. The SMILES string of the molecule is CCN(CC)c1ccc(CNCCCCOC)cc1. The molecule has 1 N–H and O–H groups in total. The van der Waals surface area contributed by atoms with E-state index in [-0.39, 0.29) is 0 Å². The fourth-order valence-corrected chi connectivity index (χ4v) is 2.14. The number of hydrogen-bond donors (Lipinski definition) is 1. The van der Waals surface area contributed by atoms with Crippen LogP contribution in [0, 0.1) is 0 Å². The molecular formula is C16H28N2O. The van der Waals surface area contributed by atoms with Crippen LogP contribution in [0.25, 0.3) is 0 Å². The lowest BCUT2D eigenvalue weighted by Gasteiger charge is -2.21. The predicted octanol–water partition coefficient (Wildman–Crippen LogP) is 3.05. The van der Waals surface area contributed by atoms with Crippen molar-refractivity contribution in [3.8, 4) is 0 Å². The summed E-state index contributed by atoms with van der Waals surface area (Å²) in [5, 5.41) is 3.47. The Kier molecular flexibility index (Phi) is 8.26. The van der Waals surface area contributed by atoms with E-state index in [0.29, 0.717) is 0 Å². The van der Waals surface area contributed by atoms with Crippen LogP contribution in [0.4, 0.5) is 5.69 Å². The minimum atomic E-state index is 0.861. The van der Waals surface area contributed by atoms with E-state index in [2.05, 4.69) is 48.3 Å². The highest BCUT2D eigenvalue weighted by Gasteiger charge is 2.01. The van der Waals surface area contributed by atoms with Crippen molar-refractivity contribution in [1.82, 2.24) is 5.32 Å². The molecule has 0 saturated heterocycles. The maximum atomic E-state index is 5.03. The first kappa shape index (κ1) is 16.0. The first-order chi connectivity index (χ1) is 9.31. The van der Waals surface area contributed by atoms with Gasteiger partial charge in [-0.15, -0.1) is 0 Å². The van der Waals surface area contributed by atoms with Gasteiger partial charge in [-0.3, -0.25) is 0 Å². The third-order valence-corrected chi connectivity index (χ3v) is 3.35. The Morgan fingerprint density at radius 3 is 2.32 bits per heavy atom. The third-order valence-electron chi connectivity index (χ3n) is 3.35. The summed E-state index contributed by atoms with van der Waals surface area (Å²) in [5.41, 5.74) is 2.66. The summed E-state index contributed by atoms with van der Waals surface area (Å²) in [7, 11) is 1.75. The van der Waals surface area contributed by atoms with Crippen LogP contribution in [0.5, 0.6) is 0 Å². The minimum Gasteiger partial charge on any atom is -0.385 e. The highest BCUT2D eigenvalue weighted by Crippen LogP contribution is 2.14. The van der Waals surface area contributed by atoms with Crippen molar-refractivity contribution in [2.75, 3.05) is 38.3 Å². The van der Waals surface area contributed by atoms with Crippen molar-refractivity contribution < 1.29 is 4.74 Å². The lowest BCUT2D eigenvalue weighted by atomic mass is 10.2. The molecule has 0 aliphatic rings. The molecule has 0 heterocycles. The molecular weight excluding hydrogens is 236 g/mol. The van der Waals surface area contributed by atoms with Crippen molar-refractivity contribution in [3.63, 3.8) is 0 Å². The quantitative estimate of drug-likeness (QED) is 0.657. The van der Waals surface area contributed by atoms with Gasteiger partial charge in [0.1, 0.15) is 0 Å². The molecule has 1 aromatic rings. The Morgan fingerprint density at radius 2 is 1.74 bits per heavy atom. The number of benzene rings is 1. The molecule has 108 valence electrons. The number of methoxy groups -OCH3 is 1. The second-order valence-electron chi connectivity index (χ2n) is 4.72. The van der Waals surface area contributed by atoms with Crippen molar-refractivity contribution in [2.45, 2.75) is 33.2 Å². The topological polar surface area (TPSA) is 24.5 Å². The molecule has 0 bridgehead atoms. The first-order valence-corrected chi connectivity index (χ1v) is 7.35. The van der Waals surface area contributed by atoms with Crippen LogP contribution in [0.15, 0.2) is 24.3 Å². The summed E-state index contributed by atoms with van der Waals surface area (Å²) in [6.45, 7) is 9.38. The lowest BCUT2D eigenvalue weighted by Crippen LogP contribution is -2.21. The van der Waals surface area contributed by atoms with E-state index in [1.165, 1.54) is 17.7 Å². The minimum absolute atomic E-state index is 0.861. The van der Waals surface area contributed by atoms with E-state index in [4.69, 9.17) is 4.74 Å². The van der Waals surface area contributed by atoms with Crippen molar-refractivity contribution in [1.29, 1.82) is 0 Å². The van der Waals surface area contributed by atoms with Gasteiger partial charge < -0.3 is 15.0 Å². The molecule has 0 aliphatic heterocycles. The number of unbranched alkanes of at least 4 members (excludes halogenated alkanes) is 1. The fourth-order valence-electron chi connectivity index (χ4n) is 2.14. The Labute approximate surface area is 118 Å². The van der Waals surface area contributed by atoms with Crippen molar-refractivity contribution >= 4 is 5.69 Å². The smallest absolute Gasteiger partial charge is 0.0462 e. The molecule has 19 heavy (non-hydrogen) atoms. The van der Waals surface area contributed by atoms with Crippen LogP contribution in [-0.4, -0.2) is 33.4 Å². The van der Waals surface area contributed by atoms with E-state index < -0.39 is 0 Å². The van der Waals surface area contributed by atoms with E-state index in [1.807, 2.05) is 0 Å². The molecule has 0 atom stereocenters. The highest BCUT2D eigenvalue weighted by atomic mass is 16.5. The van der Waals surface area contributed by atoms with Gasteiger partial charge in [0.15, 0.2) is 0 Å². The Hall–Kier alpha value is -1.06. The summed E-state index contributed by atoms with van der Waals surface area (Å²) in [6, 6.07) is 8.87. The molecule has 1 aromatic carbocycles. The zero-order valence-corrected chi connectivity index (χ0v) is 12.6. The van der Waals surface area contributed by atoms with Crippen LogP contribution in [0.3, 0.4) is 0 Å². The summed E-state index contributed by atoms with van der Waals surface area (Å²) < 4.78 is 5.03. The maximum Gasteiger partial charge on any atom is 0.0462 e. The van der Waals surface area contributed by atoms with E-state index in [0.717, 1.165) is 39.2 Å². The van der Waals surface area contributed by atoms with Gasteiger partial charge in [0.05, 0.1) is 0 Å². The predicted molar refractivity (Wildman–Crippen MR) is 82.8 cm³/mol. The van der Waals surface area contributed by atoms with Crippen LogP contribution in [0.2, 0.25) is 0 Å². The molecule has 0 spiro atoms. The Bertz CT molecular complexity index is 320. The molecule has 0 amide bonds. The van der Waals surface area contributed by atoms with Gasteiger partial charge in [0.2, 0.25) is 0 Å². The highest BCUT2D eigenvalue weighted by molar-refractivity contribution is 5.47. The fraction of sp³-hybridized carbons (Fsp3) is 0.625. The summed E-state index contributed by atoms with van der Waals surface area (Å²) in [4.78, 5) is 2.36. The molecule has 1 rings (SSSR count). The number of anilines is 1. The molecule has 3 nitrogen and oxygen atoms in total. The van der Waals surface area contributed by atoms with Crippen LogP contribution < -0.4 is 10.2 Å². The van der Waals surface area contributed by atoms with Crippen LogP contribution in [-0.2, 0) is 11.3 Å². The first-order valence-electron chi connectivity index (χ1n) is 7.35. The van der Waals surface area contributed by atoms with Gasteiger partial charge in [0.25, 0.3) is 0 Å². The van der Waals surface area contributed by atoms with Crippen LogP contribution in [0.1, 0.15) is 32.3 Å². The van der Waals surface area contributed by atoms with E-state index in [9.17, 15) is 0 Å².